The summed E-state index contributed by atoms with van der Waals surface area (Å²) in [5.41, 5.74) is 0. The van der Waals surface area contributed by atoms with E-state index in [-0.39, 0.29) is 0 Å². The molecular weight excluding hydrogens is 218 g/mol. The number of amides is 1. The third kappa shape index (κ3) is 4.00. The van der Waals surface area contributed by atoms with Crippen molar-refractivity contribution in [1.82, 2.24) is 4.90 Å². The van der Waals surface area contributed by atoms with Gasteiger partial charge in [-0.15, -0.1) is 0 Å². The van der Waals surface area contributed by atoms with Gasteiger partial charge in [-0.2, -0.15) is 12.6 Å². The number of likely N-dealkylation sites (tertiary alicyclic amines) is 1. The lowest BCUT2D eigenvalue weighted by Gasteiger charge is -2.25. The highest BCUT2D eigenvalue weighted by Gasteiger charge is 2.31. The minimum Gasteiger partial charge on any atom is -0.340 e. The van der Waals surface area contributed by atoms with Crippen molar-refractivity contribution in [3.8, 4) is 0 Å². The molecule has 1 fully saturated rings. The minimum atomic E-state index is 0.330. The molecule has 1 rings (SSSR count). The van der Waals surface area contributed by atoms with Crippen molar-refractivity contribution in [2.45, 2.75) is 52.5 Å². The van der Waals surface area contributed by atoms with Gasteiger partial charge in [0.2, 0.25) is 5.91 Å². The first-order chi connectivity index (χ1) is 7.54. The van der Waals surface area contributed by atoms with Crippen molar-refractivity contribution in [3.63, 3.8) is 0 Å². The number of nitrogens with zero attached hydrogens (tertiary/aromatic N) is 1. The Hall–Kier alpha value is -0.180. The highest BCUT2D eigenvalue weighted by atomic mass is 32.1. The predicted molar refractivity (Wildman–Crippen MR) is 71.8 cm³/mol. The third-order valence-corrected chi connectivity index (χ3v) is 3.95. The molecule has 0 radical (unpaired) electrons. The van der Waals surface area contributed by atoms with E-state index < -0.39 is 0 Å². The quantitative estimate of drug-likeness (QED) is 0.711. The maximum Gasteiger partial charge on any atom is 0.223 e. The van der Waals surface area contributed by atoms with Crippen LogP contribution >= 0.6 is 12.6 Å². The lowest BCUT2D eigenvalue weighted by Crippen LogP contribution is -2.34. The second kappa shape index (κ2) is 6.53. The average molecular weight is 243 g/mol. The van der Waals surface area contributed by atoms with Gasteiger partial charge in [-0.3, -0.25) is 4.79 Å². The normalized spacial score (nSPS) is 23.2. The largest absolute Gasteiger partial charge is 0.340 e. The molecule has 1 heterocycles. The van der Waals surface area contributed by atoms with Crippen LogP contribution in [0.25, 0.3) is 0 Å². The van der Waals surface area contributed by atoms with Gasteiger partial charge in [-0.25, -0.2) is 0 Å². The van der Waals surface area contributed by atoms with Crippen LogP contribution in [0.5, 0.6) is 0 Å². The SMILES string of the molecule is CC(C)CCCC(C)N1CC(CS)CC1=O. The van der Waals surface area contributed by atoms with E-state index in [2.05, 4.69) is 38.3 Å². The van der Waals surface area contributed by atoms with E-state index >= 15 is 0 Å². The fraction of sp³-hybridized carbons (Fsp3) is 0.923. The zero-order chi connectivity index (χ0) is 12.1. The fourth-order valence-electron chi connectivity index (χ4n) is 2.33. The first-order valence-corrected chi connectivity index (χ1v) is 7.08. The molecule has 0 aliphatic carbocycles. The Morgan fingerprint density at radius 2 is 2.06 bits per heavy atom. The van der Waals surface area contributed by atoms with E-state index in [1.54, 1.807) is 0 Å². The van der Waals surface area contributed by atoms with Crippen LogP contribution in [0.3, 0.4) is 0 Å². The summed E-state index contributed by atoms with van der Waals surface area (Å²) in [6, 6.07) is 0.413. The number of rotatable bonds is 6. The monoisotopic (exact) mass is 243 g/mol. The molecule has 0 spiro atoms. The van der Waals surface area contributed by atoms with Crippen molar-refractivity contribution < 1.29 is 4.79 Å². The summed E-state index contributed by atoms with van der Waals surface area (Å²) in [5, 5.41) is 0. The van der Waals surface area contributed by atoms with Crippen molar-refractivity contribution in [1.29, 1.82) is 0 Å². The van der Waals surface area contributed by atoms with Crippen molar-refractivity contribution in [3.05, 3.63) is 0 Å². The maximum atomic E-state index is 11.8. The molecule has 0 bridgehead atoms. The summed E-state index contributed by atoms with van der Waals surface area (Å²) in [6.45, 7) is 7.61. The Labute approximate surface area is 105 Å². The van der Waals surface area contributed by atoms with Gasteiger partial charge in [0.1, 0.15) is 0 Å². The van der Waals surface area contributed by atoms with E-state index in [0.29, 0.717) is 24.3 Å². The summed E-state index contributed by atoms with van der Waals surface area (Å²) in [6.07, 6.45) is 4.34. The van der Waals surface area contributed by atoms with Crippen molar-refractivity contribution in [2.24, 2.45) is 11.8 Å². The first kappa shape index (κ1) is 13.9. The molecule has 94 valence electrons. The molecule has 1 aliphatic rings. The Kier molecular flexibility index (Phi) is 5.67. The fourth-order valence-corrected chi connectivity index (χ4v) is 2.58. The van der Waals surface area contributed by atoms with Gasteiger partial charge in [-0.1, -0.05) is 26.7 Å². The molecular formula is C13H25NOS. The number of hydrogen-bond donors (Lipinski definition) is 1. The van der Waals surface area contributed by atoms with E-state index in [1.807, 2.05) is 0 Å². The zero-order valence-electron chi connectivity index (χ0n) is 10.8. The highest BCUT2D eigenvalue weighted by molar-refractivity contribution is 7.80. The number of carbonyl (C=O) groups is 1. The molecule has 2 unspecified atom stereocenters. The second-order valence-corrected chi connectivity index (χ2v) is 5.84. The van der Waals surface area contributed by atoms with Gasteiger partial charge in [0, 0.05) is 19.0 Å². The first-order valence-electron chi connectivity index (χ1n) is 6.45. The van der Waals surface area contributed by atoms with Gasteiger partial charge < -0.3 is 4.90 Å². The second-order valence-electron chi connectivity index (χ2n) is 5.47. The molecule has 3 heteroatoms. The lowest BCUT2D eigenvalue weighted by atomic mass is 10.0. The van der Waals surface area contributed by atoms with E-state index in [1.165, 1.54) is 12.8 Å². The molecule has 1 saturated heterocycles. The van der Waals surface area contributed by atoms with Crippen LogP contribution < -0.4 is 0 Å². The summed E-state index contributed by atoms with van der Waals surface area (Å²) in [4.78, 5) is 13.8. The zero-order valence-corrected chi connectivity index (χ0v) is 11.7. The van der Waals surface area contributed by atoms with E-state index in [9.17, 15) is 4.79 Å². The highest BCUT2D eigenvalue weighted by Crippen LogP contribution is 2.23. The van der Waals surface area contributed by atoms with Gasteiger partial charge in [0.25, 0.3) is 0 Å². The predicted octanol–water partition coefficient (Wildman–Crippen LogP) is 2.98. The van der Waals surface area contributed by atoms with Crippen molar-refractivity contribution in [2.75, 3.05) is 12.3 Å². The Morgan fingerprint density at radius 1 is 1.38 bits per heavy atom. The molecule has 0 aromatic carbocycles. The summed E-state index contributed by atoms with van der Waals surface area (Å²) >= 11 is 4.28. The molecule has 2 nitrogen and oxygen atoms in total. The van der Waals surface area contributed by atoms with Crippen LogP contribution in [0.1, 0.15) is 46.5 Å². The van der Waals surface area contributed by atoms with Crippen LogP contribution in [0, 0.1) is 11.8 Å². The summed E-state index contributed by atoms with van der Waals surface area (Å²) in [7, 11) is 0. The Morgan fingerprint density at radius 3 is 2.56 bits per heavy atom. The molecule has 0 N–H and O–H groups in total. The van der Waals surface area contributed by atoms with Crippen LogP contribution in [0.4, 0.5) is 0 Å². The smallest absolute Gasteiger partial charge is 0.223 e. The molecule has 0 aromatic heterocycles. The van der Waals surface area contributed by atoms with Gasteiger partial charge in [0.15, 0.2) is 0 Å². The lowest BCUT2D eigenvalue weighted by molar-refractivity contribution is -0.129. The maximum absolute atomic E-state index is 11.8. The third-order valence-electron chi connectivity index (χ3n) is 3.43. The molecule has 1 amide bonds. The number of carbonyl (C=O) groups excluding carboxylic acids is 1. The van der Waals surface area contributed by atoms with Crippen LogP contribution in [-0.2, 0) is 4.79 Å². The van der Waals surface area contributed by atoms with Crippen LogP contribution in [0.2, 0.25) is 0 Å². The molecule has 0 aromatic rings. The molecule has 16 heavy (non-hydrogen) atoms. The molecule has 2 atom stereocenters. The van der Waals surface area contributed by atoms with Gasteiger partial charge in [0.05, 0.1) is 0 Å². The molecule has 1 aliphatic heterocycles. The standard InChI is InChI=1S/C13H25NOS/c1-10(2)5-4-6-11(3)14-8-12(9-16)7-13(14)15/h10-12,16H,4-9H2,1-3H3. The average Bonchev–Trinajstić information content (AvgIpc) is 2.59. The van der Waals surface area contributed by atoms with Crippen molar-refractivity contribution >= 4 is 18.5 Å². The Balaban J connectivity index is 2.31. The van der Waals surface area contributed by atoms with E-state index in [4.69, 9.17) is 0 Å². The van der Waals surface area contributed by atoms with Gasteiger partial charge >= 0.3 is 0 Å². The Bertz CT molecular complexity index is 230. The summed E-state index contributed by atoms with van der Waals surface area (Å²) in [5.74, 6) is 2.41. The van der Waals surface area contributed by atoms with Gasteiger partial charge in [-0.05, 0) is 30.9 Å². The molecule has 0 saturated carbocycles. The summed E-state index contributed by atoms with van der Waals surface area (Å²) < 4.78 is 0. The number of thiol groups is 1. The van der Waals surface area contributed by atoms with E-state index in [0.717, 1.165) is 24.6 Å². The topological polar surface area (TPSA) is 20.3 Å². The number of hydrogen-bond acceptors (Lipinski definition) is 2. The van der Waals surface area contributed by atoms with Crippen LogP contribution in [-0.4, -0.2) is 29.1 Å². The van der Waals surface area contributed by atoms with Crippen LogP contribution in [0.15, 0.2) is 0 Å². The minimum absolute atomic E-state index is 0.330.